The summed E-state index contributed by atoms with van der Waals surface area (Å²) in [5.74, 6) is 5.74. The Morgan fingerprint density at radius 3 is 2.78 bits per heavy atom. The standard InChI is InChI=1S/C5H12N2OS/c1-4(3-9)2-5(8)7-6/h4,9H,2-3,6H2,1H3,(H,7,8). The number of nitrogens with two attached hydrogens (primary N) is 1. The van der Waals surface area contributed by atoms with Gasteiger partial charge in [-0.15, -0.1) is 0 Å². The van der Waals surface area contributed by atoms with Gasteiger partial charge in [-0.05, 0) is 11.7 Å². The van der Waals surface area contributed by atoms with Gasteiger partial charge in [0, 0.05) is 6.42 Å². The second-order valence-corrected chi connectivity index (χ2v) is 2.42. The quantitative estimate of drug-likeness (QED) is 0.227. The van der Waals surface area contributed by atoms with E-state index in [1.54, 1.807) is 0 Å². The monoisotopic (exact) mass is 148 g/mol. The highest BCUT2D eigenvalue weighted by atomic mass is 32.1. The van der Waals surface area contributed by atoms with E-state index in [9.17, 15) is 4.79 Å². The van der Waals surface area contributed by atoms with Gasteiger partial charge in [0.25, 0.3) is 0 Å². The molecule has 4 heteroatoms. The minimum atomic E-state index is -0.128. The molecule has 0 aliphatic carbocycles. The van der Waals surface area contributed by atoms with Crippen molar-refractivity contribution in [3.63, 3.8) is 0 Å². The van der Waals surface area contributed by atoms with Crippen molar-refractivity contribution < 1.29 is 4.79 Å². The van der Waals surface area contributed by atoms with Crippen LogP contribution in [0.4, 0.5) is 0 Å². The molecule has 0 saturated carbocycles. The van der Waals surface area contributed by atoms with E-state index >= 15 is 0 Å². The molecule has 1 amide bonds. The van der Waals surface area contributed by atoms with E-state index in [0.29, 0.717) is 18.1 Å². The lowest BCUT2D eigenvalue weighted by atomic mass is 10.1. The first-order valence-electron chi connectivity index (χ1n) is 2.81. The predicted molar refractivity (Wildman–Crippen MR) is 40.0 cm³/mol. The fraction of sp³-hybridized carbons (Fsp3) is 0.800. The van der Waals surface area contributed by atoms with Gasteiger partial charge in [0.05, 0.1) is 0 Å². The fourth-order valence-corrected chi connectivity index (χ4v) is 0.569. The average molecular weight is 148 g/mol. The zero-order valence-corrected chi connectivity index (χ0v) is 6.32. The van der Waals surface area contributed by atoms with Gasteiger partial charge in [-0.2, -0.15) is 12.6 Å². The third-order valence-electron chi connectivity index (χ3n) is 1.01. The molecule has 3 N–H and O–H groups in total. The van der Waals surface area contributed by atoms with Crippen molar-refractivity contribution in [2.24, 2.45) is 11.8 Å². The number of carbonyl (C=O) groups is 1. The second kappa shape index (κ2) is 4.64. The number of amides is 1. The minimum Gasteiger partial charge on any atom is -0.294 e. The normalized spacial score (nSPS) is 12.8. The van der Waals surface area contributed by atoms with Gasteiger partial charge in [-0.1, -0.05) is 6.92 Å². The van der Waals surface area contributed by atoms with Crippen LogP contribution in [-0.2, 0) is 4.79 Å². The van der Waals surface area contributed by atoms with E-state index in [1.165, 1.54) is 0 Å². The Hall–Kier alpha value is -0.220. The lowest BCUT2D eigenvalue weighted by Crippen LogP contribution is -2.31. The van der Waals surface area contributed by atoms with Gasteiger partial charge in [0.1, 0.15) is 0 Å². The first-order valence-corrected chi connectivity index (χ1v) is 3.44. The van der Waals surface area contributed by atoms with Crippen LogP contribution in [0.2, 0.25) is 0 Å². The number of rotatable bonds is 3. The Morgan fingerprint density at radius 2 is 2.44 bits per heavy atom. The summed E-state index contributed by atoms with van der Waals surface area (Å²) in [4.78, 5) is 10.5. The first kappa shape index (κ1) is 8.78. The lowest BCUT2D eigenvalue weighted by molar-refractivity contribution is -0.121. The van der Waals surface area contributed by atoms with Gasteiger partial charge in [-0.3, -0.25) is 10.2 Å². The molecule has 0 aromatic carbocycles. The van der Waals surface area contributed by atoms with Crippen LogP contribution in [0.1, 0.15) is 13.3 Å². The molecule has 0 rings (SSSR count). The third kappa shape index (κ3) is 4.29. The lowest BCUT2D eigenvalue weighted by Gasteiger charge is -2.04. The molecule has 0 aliphatic heterocycles. The molecule has 0 heterocycles. The third-order valence-corrected chi connectivity index (χ3v) is 1.63. The molecule has 1 atom stereocenters. The van der Waals surface area contributed by atoms with Crippen LogP contribution in [-0.4, -0.2) is 11.7 Å². The maximum atomic E-state index is 10.5. The highest BCUT2D eigenvalue weighted by Gasteiger charge is 2.04. The van der Waals surface area contributed by atoms with E-state index in [-0.39, 0.29) is 5.91 Å². The SMILES string of the molecule is CC(CS)CC(=O)NN. The van der Waals surface area contributed by atoms with Crippen LogP contribution in [0.5, 0.6) is 0 Å². The van der Waals surface area contributed by atoms with Crippen molar-refractivity contribution in [2.45, 2.75) is 13.3 Å². The molecule has 0 bridgehead atoms. The maximum absolute atomic E-state index is 10.5. The zero-order valence-electron chi connectivity index (χ0n) is 5.42. The average Bonchev–Trinajstić information content (AvgIpc) is 1.87. The molecule has 54 valence electrons. The highest BCUT2D eigenvalue weighted by Crippen LogP contribution is 2.01. The Morgan fingerprint density at radius 1 is 1.89 bits per heavy atom. The topological polar surface area (TPSA) is 55.1 Å². The number of nitrogens with one attached hydrogen (secondary N) is 1. The molecule has 0 saturated heterocycles. The first-order chi connectivity index (χ1) is 4.20. The van der Waals surface area contributed by atoms with Crippen molar-refractivity contribution in [1.29, 1.82) is 0 Å². The van der Waals surface area contributed by atoms with Crippen molar-refractivity contribution in [2.75, 3.05) is 5.75 Å². The molecule has 0 aromatic rings. The number of carbonyl (C=O) groups excluding carboxylic acids is 1. The molecule has 0 spiro atoms. The van der Waals surface area contributed by atoms with Gasteiger partial charge in [-0.25, -0.2) is 5.84 Å². The summed E-state index contributed by atoms with van der Waals surface area (Å²) >= 11 is 4.01. The van der Waals surface area contributed by atoms with Crippen LogP contribution in [0, 0.1) is 5.92 Å². The van der Waals surface area contributed by atoms with E-state index in [2.05, 4.69) is 18.1 Å². The van der Waals surface area contributed by atoms with Crippen LogP contribution in [0.15, 0.2) is 0 Å². The van der Waals surface area contributed by atoms with E-state index in [1.807, 2.05) is 6.92 Å². The van der Waals surface area contributed by atoms with Crippen molar-refractivity contribution in [3.8, 4) is 0 Å². The fourth-order valence-electron chi connectivity index (χ4n) is 0.440. The molecule has 1 unspecified atom stereocenters. The Bertz CT molecular complexity index is 97.0. The largest absolute Gasteiger partial charge is 0.294 e. The number of hydrogen-bond donors (Lipinski definition) is 3. The van der Waals surface area contributed by atoms with Crippen molar-refractivity contribution in [1.82, 2.24) is 5.43 Å². The molecular formula is C5H12N2OS. The maximum Gasteiger partial charge on any atom is 0.234 e. The van der Waals surface area contributed by atoms with Crippen LogP contribution in [0.25, 0.3) is 0 Å². The predicted octanol–water partition coefficient (Wildman–Crippen LogP) is -0.0677. The Kier molecular flexibility index (Phi) is 4.53. The van der Waals surface area contributed by atoms with Gasteiger partial charge < -0.3 is 0 Å². The van der Waals surface area contributed by atoms with Crippen molar-refractivity contribution >= 4 is 18.5 Å². The van der Waals surface area contributed by atoms with E-state index in [4.69, 9.17) is 5.84 Å². The van der Waals surface area contributed by atoms with Crippen molar-refractivity contribution in [3.05, 3.63) is 0 Å². The van der Waals surface area contributed by atoms with Crippen LogP contribution < -0.4 is 11.3 Å². The smallest absolute Gasteiger partial charge is 0.234 e. The van der Waals surface area contributed by atoms with Gasteiger partial charge in [0.15, 0.2) is 0 Å². The summed E-state index contributed by atoms with van der Waals surface area (Å²) in [5, 5.41) is 0. The Balaban J connectivity index is 3.34. The zero-order chi connectivity index (χ0) is 7.28. The second-order valence-electron chi connectivity index (χ2n) is 2.06. The van der Waals surface area contributed by atoms with E-state index in [0.717, 1.165) is 0 Å². The molecule has 0 radical (unpaired) electrons. The molecular weight excluding hydrogens is 136 g/mol. The molecule has 9 heavy (non-hydrogen) atoms. The summed E-state index contributed by atoms with van der Waals surface area (Å²) in [6.07, 6.45) is 0.458. The Labute approximate surface area is 60.4 Å². The summed E-state index contributed by atoms with van der Waals surface area (Å²) in [6, 6.07) is 0. The summed E-state index contributed by atoms with van der Waals surface area (Å²) in [6.45, 7) is 1.95. The van der Waals surface area contributed by atoms with Crippen LogP contribution in [0.3, 0.4) is 0 Å². The molecule has 0 aromatic heterocycles. The highest BCUT2D eigenvalue weighted by molar-refractivity contribution is 7.80. The van der Waals surface area contributed by atoms with E-state index < -0.39 is 0 Å². The molecule has 3 nitrogen and oxygen atoms in total. The number of hydrogen-bond acceptors (Lipinski definition) is 3. The summed E-state index contributed by atoms with van der Waals surface area (Å²) < 4.78 is 0. The summed E-state index contributed by atoms with van der Waals surface area (Å²) in [5.41, 5.74) is 2.06. The summed E-state index contributed by atoms with van der Waals surface area (Å²) in [7, 11) is 0. The molecule has 0 aliphatic rings. The molecule has 0 fully saturated rings. The number of hydrazine groups is 1. The minimum absolute atomic E-state index is 0.128. The van der Waals surface area contributed by atoms with Gasteiger partial charge in [0.2, 0.25) is 5.91 Å². The number of thiol groups is 1. The van der Waals surface area contributed by atoms with Gasteiger partial charge >= 0.3 is 0 Å². The van der Waals surface area contributed by atoms with Crippen LogP contribution >= 0.6 is 12.6 Å².